The minimum Gasteiger partial charge on any atom is -0.444 e. The quantitative estimate of drug-likeness (QED) is 0.731. The molecule has 2 heterocycles. The lowest BCUT2D eigenvalue weighted by Crippen LogP contribution is -2.51. The topological polar surface area (TPSA) is 65.1 Å². The molecule has 178 valence electrons. The highest BCUT2D eigenvalue weighted by atomic mass is 16.6. The first-order valence-electron chi connectivity index (χ1n) is 11.9. The molecule has 2 aliphatic rings. The van der Waals surface area contributed by atoms with Gasteiger partial charge < -0.3 is 15.0 Å². The summed E-state index contributed by atoms with van der Waals surface area (Å²) >= 11 is 0. The molecule has 0 unspecified atom stereocenters. The number of carbonyl (C=O) groups is 2. The van der Waals surface area contributed by atoms with Gasteiger partial charge in [0.05, 0.1) is 6.54 Å². The Labute approximate surface area is 193 Å². The monoisotopic (exact) mass is 444 g/mol. The lowest BCUT2D eigenvalue weighted by Gasteiger charge is -2.37. The summed E-state index contributed by atoms with van der Waals surface area (Å²) in [6.45, 7) is 15.1. The normalized spacial score (nSPS) is 19.1. The molecule has 3 rings (SSSR count). The lowest BCUT2D eigenvalue weighted by atomic mass is 9.97. The Morgan fingerprint density at radius 2 is 1.66 bits per heavy atom. The van der Waals surface area contributed by atoms with Crippen LogP contribution in [0.3, 0.4) is 0 Å². The summed E-state index contributed by atoms with van der Waals surface area (Å²) in [5.41, 5.74) is 2.23. The van der Waals surface area contributed by atoms with Gasteiger partial charge in [0.25, 0.3) is 0 Å². The van der Waals surface area contributed by atoms with Gasteiger partial charge in [0.15, 0.2) is 0 Å². The van der Waals surface area contributed by atoms with E-state index in [4.69, 9.17) is 4.74 Å². The number of ether oxygens (including phenoxy) is 1. The van der Waals surface area contributed by atoms with Crippen molar-refractivity contribution < 1.29 is 14.3 Å². The third-order valence-corrected chi connectivity index (χ3v) is 6.38. The van der Waals surface area contributed by atoms with Gasteiger partial charge in [0.2, 0.25) is 5.91 Å². The van der Waals surface area contributed by atoms with Crippen molar-refractivity contribution in [2.45, 2.75) is 52.7 Å². The molecule has 0 spiro atoms. The summed E-state index contributed by atoms with van der Waals surface area (Å²) in [6, 6.07) is 8.53. The van der Waals surface area contributed by atoms with E-state index in [1.807, 2.05) is 25.7 Å². The highest BCUT2D eigenvalue weighted by Crippen LogP contribution is 2.18. The smallest absolute Gasteiger partial charge is 0.407 e. The zero-order valence-electron chi connectivity index (χ0n) is 20.2. The molecule has 0 aliphatic carbocycles. The number of carbonyl (C=O) groups excluding carboxylic acids is 2. The second kappa shape index (κ2) is 11.1. The number of nitrogens with zero attached hydrogens (tertiary/aromatic N) is 3. The number of benzene rings is 1. The van der Waals surface area contributed by atoms with Crippen LogP contribution in [0.1, 0.15) is 44.7 Å². The summed E-state index contributed by atoms with van der Waals surface area (Å²) in [7, 11) is 0. The van der Waals surface area contributed by atoms with Crippen LogP contribution >= 0.6 is 0 Å². The molecule has 7 heteroatoms. The molecule has 1 N–H and O–H groups in total. The summed E-state index contributed by atoms with van der Waals surface area (Å²) in [5.74, 6) is 0.685. The molecule has 2 amide bonds. The van der Waals surface area contributed by atoms with Gasteiger partial charge in [-0.3, -0.25) is 14.6 Å². The predicted octanol–water partition coefficient (Wildman–Crippen LogP) is 2.88. The Hall–Kier alpha value is -2.12. The van der Waals surface area contributed by atoms with E-state index < -0.39 is 5.60 Å². The van der Waals surface area contributed by atoms with Gasteiger partial charge in [-0.15, -0.1) is 0 Å². The molecule has 1 aromatic carbocycles. The summed E-state index contributed by atoms with van der Waals surface area (Å²) in [4.78, 5) is 31.4. The SMILES string of the molecule is Cc1ccccc1CN1CCN(C(=O)CN2CCC(CNC(=O)OC(C)(C)C)CC2)CC1. The molecule has 1 aromatic rings. The number of hydrogen-bond acceptors (Lipinski definition) is 5. The van der Waals surface area contributed by atoms with Crippen LogP contribution in [-0.2, 0) is 16.1 Å². The number of likely N-dealkylation sites (tertiary alicyclic amines) is 1. The molecule has 32 heavy (non-hydrogen) atoms. The van der Waals surface area contributed by atoms with Gasteiger partial charge in [0.1, 0.15) is 5.60 Å². The van der Waals surface area contributed by atoms with E-state index in [1.54, 1.807) is 0 Å². The standard InChI is InChI=1S/C25H40N4O3/c1-20-7-5-6-8-22(20)18-28-13-15-29(16-14-28)23(30)19-27-11-9-21(10-12-27)17-26-24(31)32-25(2,3)4/h5-8,21H,9-19H2,1-4H3,(H,26,31). The average molecular weight is 445 g/mol. The first-order chi connectivity index (χ1) is 15.2. The lowest BCUT2D eigenvalue weighted by molar-refractivity contribution is -0.134. The molecule has 0 radical (unpaired) electrons. The van der Waals surface area contributed by atoms with Crippen LogP contribution in [0.4, 0.5) is 4.79 Å². The maximum absolute atomic E-state index is 12.8. The van der Waals surface area contributed by atoms with E-state index in [1.165, 1.54) is 11.1 Å². The molecule has 2 fully saturated rings. The Morgan fingerprint density at radius 3 is 2.28 bits per heavy atom. The fourth-order valence-electron chi connectivity index (χ4n) is 4.37. The van der Waals surface area contributed by atoms with Crippen molar-refractivity contribution in [2.24, 2.45) is 5.92 Å². The van der Waals surface area contributed by atoms with Crippen LogP contribution in [0, 0.1) is 12.8 Å². The summed E-state index contributed by atoms with van der Waals surface area (Å²) in [6.07, 6.45) is 1.64. The number of piperidine rings is 1. The fraction of sp³-hybridized carbons (Fsp3) is 0.680. The number of nitrogens with one attached hydrogen (secondary N) is 1. The minimum atomic E-state index is -0.472. The first kappa shape index (κ1) is 24.5. The largest absolute Gasteiger partial charge is 0.444 e. The van der Waals surface area contributed by atoms with Gasteiger partial charge in [-0.05, 0) is 70.7 Å². The Morgan fingerprint density at radius 1 is 1.00 bits per heavy atom. The Kier molecular flexibility index (Phi) is 8.54. The summed E-state index contributed by atoms with van der Waals surface area (Å²) < 4.78 is 5.30. The molecule has 7 nitrogen and oxygen atoms in total. The number of amides is 2. The van der Waals surface area contributed by atoms with Crippen molar-refractivity contribution in [1.29, 1.82) is 0 Å². The van der Waals surface area contributed by atoms with Crippen LogP contribution < -0.4 is 5.32 Å². The van der Waals surface area contributed by atoms with Crippen molar-refractivity contribution in [2.75, 3.05) is 52.4 Å². The highest BCUT2D eigenvalue weighted by Gasteiger charge is 2.26. The molecule has 0 saturated carbocycles. The molecule has 0 aromatic heterocycles. The molecule has 0 atom stereocenters. The van der Waals surface area contributed by atoms with E-state index in [2.05, 4.69) is 46.3 Å². The fourth-order valence-corrected chi connectivity index (χ4v) is 4.37. The number of hydrogen-bond donors (Lipinski definition) is 1. The van der Waals surface area contributed by atoms with E-state index in [-0.39, 0.29) is 12.0 Å². The van der Waals surface area contributed by atoms with Crippen LogP contribution in [-0.4, -0.2) is 84.7 Å². The molecule has 0 bridgehead atoms. The van der Waals surface area contributed by atoms with Crippen LogP contribution in [0.5, 0.6) is 0 Å². The zero-order valence-corrected chi connectivity index (χ0v) is 20.2. The van der Waals surface area contributed by atoms with E-state index in [9.17, 15) is 9.59 Å². The number of piperazine rings is 1. The third-order valence-electron chi connectivity index (χ3n) is 6.38. The summed E-state index contributed by atoms with van der Waals surface area (Å²) in [5, 5.41) is 2.88. The van der Waals surface area contributed by atoms with Crippen LogP contribution in [0.15, 0.2) is 24.3 Å². The Bertz CT molecular complexity index is 761. The number of alkyl carbamates (subject to hydrolysis) is 1. The number of rotatable bonds is 6. The molecular weight excluding hydrogens is 404 g/mol. The predicted molar refractivity (Wildman–Crippen MR) is 126 cm³/mol. The maximum Gasteiger partial charge on any atom is 0.407 e. The van der Waals surface area contributed by atoms with Gasteiger partial charge in [-0.1, -0.05) is 24.3 Å². The van der Waals surface area contributed by atoms with E-state index in [0.29, 0.717) is 19.0 Å². The van der Waals surface area contributed by atoms with Crippen molar-refractivity contribution >= 4 is 12.0 Å². The van der Waals surface area contributed by atoms with Gasteiger partial charge in [-0.2, -0.15) is 0 Å². The maximum atomic E-state index is 12.8. The highest BCUT2D eigenvalue weighted by molar-refractivity contribution is 5.78. The Balaban J connectivity index is 1.32. The first-order valence-corrected chi connectivity index (χ1v) is 11.9. The number of aryl methyl sites for hydroxylation is 1. The minimum absolute atomic E-state index is 0.242. The average Bonchev–Trinajstić information content (AvgIpc) is 2.74. The van der Waals surface area contributed by atoms with Gasteiger partial charge in [-0.25, -0.2) is 4.79 Å². The molecular formula is C25H40N4O3. The molecule has 2 saturated heterocycles. The van der Waals surface area contributed by atoms with Gasteiger partial charge in [0, 0.05) is 39.3 Å². The second-order valence-corrected chi connectivity index (χ2v) is 10.2. The van der Waals surface area contributed by atoms with Crippen molar-refractivity contribution in [3.05, 3.63) is 35.4 Å². The molecule has 2 aliphatic heterocycles. The van der Waals surface area contributed by atoms with Gasteiger partial charge >= 0.3 is 6.09 Å². The second-order valence-electron chi connectivity index (χ2n) is 10.2. The van der Waals surface area contributed by atoms with Crippen LogP contribution in [0.2, 0.25) is 0 Å². The van der Waals surface area contributed by atoms with Crippen molar-refractivity contribution in [3.8, 4) is 0 Å². The zero-order chi connectivity index (χ0) is 23.1. The third kappa shape index (κ3) is 7.78. The van der Waals surface area contributed by atoms with E-state index >= 15 is 0 Å². The van der Waals surface area contributed by atoms with Crippen molar-refractivity contribution in [1.82, 2.24) is 20.0 Å². The van der Waals surface area contributed by atoms with Crippen LogP contribution in [0.25, 0.3) is 0 Å². The van der Waals surface area contributed by atoms with Crippen molar-refractivity contribution in [3.63, 3.8) is 0 Å². The van der Waals surface area contributed by atoms with E-state index in [0.717, 1.165) is 58.7 Å².